The standard InChI is InChI=1S/C11H15N3O4/c15-10(16)8-2-1-5-14(7-8)11(17)12-6-9-3-4-13-18-9/h3-4,8H,1-2,5-7H2,(H,12,17)(H,15,16)/t8-/m1/s1. The number of nitrogens with one attached hydrogen (secondary N) is 1. The van der Waals surface area contributed by atoms with Crippen LogP contribution >= 0.6 is 0 Å². The van der Waals surface area contributed by atoms with Crippen molar-refractivity contribution in [2.75, 3.05) is 13.1 Å². The number of carbonyl (C=O) groups excluding carboxylic acids is 1. The molecule has 18 heavy (non-hydrogen) atoms. The van der Waals surface area contributed by atoms with E-state index in [1.54, 1.807) is 6.07 Å². The lowest BCUT2D eigenvalue weighted by Crippen LogP contribution is -2.46. The number of urea groups is 1. The molecule has 2 N–H and O–H groups in total. The largest absolute Gasteiger partial charge is 0.481 e. The lowest BCUT2D eigenvalue weighted by atomic mass is 9.99. The van der Waals surface area contributed by atoms with Gasteiger partial charge in [-0.05, 0) is 12.8 Å². The molecule has 0 spiro atoms. The van der Waals surface area contributed by atoms with Gasteiger partial charge in [-0.2, -0.15) is 0 Å². The molecule has 0 bridgehead atoms. The topological polar surface area (TPSA) is 95.7 Å². The van der Waals surface area contributed by atoms with E-state index in [9.17, 15) is 9.59 Å². The summed E-state index contributed by atoms with van der Waals surface area (Å²) in [7, 11) is 0. The second kappa shape index (κ2) is 5.52. The van der Waals surface area contributed by atoms with Gasteiger partial charge in [0.25, 0.3) is 0 Å². The zero-order valence-corrected chi connectivity index (χ0v) is 9.83. The van der Waals surface area contributed by atoms with E-state index in [0.717, 1.165) is 0 Å². The number of amides is 2. The summed E-state index contributed by atoms with van der Waals surface area (Å²) in [6, 6.07) is 1.40. The lowest BCUT2D eigenvalue weighted by Gasteiger charge is -2.30. The molecule has 0 aromatic carbocycles. The summed E-state index contributed by atoms with van der Waals surface area (Å²) in [5, 5.41) is 15.1. The Bertz CT molecular complexity index is 418. The van der Waals surface area contributed by atoms with Crippen LogP contribution in [0.2, 0.25) is 0 Å². The summed E-state index contributed by atoms with van der Waals surface area (Å²) in [4.78, 5) is 24.2. The Balaban J connectivity index is 1.83. The summed E-state index contributed by atoms with van der Waals surface area (Å²) in [6.07, 6.45) is 2.84. The van der Waals surface area contributed by atoms with E-state index in [2.05, 4.69) is 10.5 Å². The number of carboxylic acids is 1. The van der Waals surface area contributed by atoms with Crippen LogP contribution in [0.1, 0.15) is 18.6 Å². The van der Waals surface area contributed by atoms with Crippen molar-refractivity contribution >= 4 is 12.0 Å². The normalized spacial score (nSPS) is 19.6. The van der Waals surface area contributed by atoms with Gasteiger partial charge in [0.1, 0.15) is 0 Å². The first-order chi connectivity index (χ1) is 8.66. The van der Waals surface area contributed by atoms with Crippen molar-refractivity contribution in [1.82, 2.24) is 15.4 Å². The highest BCUT2D eigenvalue weighted by Crippen LogP contribution is 2.16. The van der Waals surface area contributed by atoms with Crippen LogP contribution in [0.15, 0.2) is 16.8 Å². The second-order valence-corrected chi connectivity index (χ2v) is 4.26. The number of rotatable bonds is 3. The van der Waals surface area contributed by atoms with E-state index in [1.807, 2.05) is 0 Å². The first kappa shape index (κ1) is 12.4. The van der Waals surface area contributed by atoms with E-state index in [1.165, 1.54) is 11.1 Å². The molecule has 1 aliphatic heterocycles. The van der Waals surface area contributed by atoms with Gasteiger partial charge in [-0.15, -0.1) is 0 Å². The number of carbonyl (C=O) groups is 2. The van der Waals surface area contributed by atoms with Crippen LogP contribution < -0.4 is 5.32 Å². The van der Waals surface area contributed by atoms with Gasteiger partial charge in [-0.3, -0.25) is 4.79 Å². The SMILES string of the molecule is O=C(O)[C@@H]1CCCN(C(=O)NCc2ccno2)C1. The minimum absolute atomic E-state index is 0.257. The molecule has 1 aromatic heterocycles. The number of piperidine rings is 1. The highest BCUT2D eigenvalue weighted by Gasteiger charge is 2.27. The summed E-state index contributed by atoms with van der Waals surface area (Å²) in [5.74, 6) is -0.743. The average molecular weight is 253 g/mol. The molecule has 0 aliphatic carbocycles. The predicted molar refractivity (Wildman–Crippen MR) is 60.7 cm³/mol. The van der Waals surface area contributed by atoms with Crippen LogP contribution in [0.5, 0.6) is 0 Å². The maximum Gasteiger partial charge on any atom is 0.317 e. The first-order valence-corrected chi connectivity index (χ1v) is 5.82. The van der Waals surface area contributed by atoms with Crippen molar-refractivity contribution in [2.45, 2.75) is 19.4 Å². The molecule has 2 amide bonds. The van der Waals surface area contributed by atoms with Crippen LogP contribution in [0.3, 0.4) is 0 Å². The third-order valence-corrected chi connectivity index (χ3v) is 2.96. The molecule has 1 fully saturated rings. The Morgan fingerprint density at radius 1 is 1.61 bits per heavy atom. The minimum Gasteiger partial charge on any atom is -0.481 e. The Morgan fingerprint density at radius 3 is 3.11 bits per heavy atom. The monoisotopic (exact) mass is 253 g/mol. The highest BCUT2D eigenvalue weighted by atomic mass is 16.5. The van der Waals surface area contributed by atoms with Gasteiger partial charge in [0, 0.05) is 19.2 Å². The van der Waals surface area contributed by atoms with Gasteiger partial charge in [0.05, 0.1) is 18.7 Å². The zero-order chi connectivity index (χ0) is 13.0. The minimum atomic E-state index is -0.845. The zero-order valence-electron chi connectivity index (χ0n) is 9.83. The second-order valence-electron chi connectivity index (χ2n) is 4.26. The van der Waals surface area contributed by atoms with Crippen LogP contribution in [0, 0.1) is 5.92 Å². The van der Waals surface area contributed by atoms with Crippen molar-refractivity contribution in [3.8, 4) is 0 Å². The third kappa shape index (κ3) is 2.99. The summed E-state index contributed by atoms with van der Waals surface area (Å²) < 4.78 is 4.85. The van der Waals surface area contributed by atoms with Crippen molar-refractivity contribution < 1.29 is 19.2 Å². The Kier molecular flexibility index (Phi) is 3.81. The molecule has 1 saturated heterocycles. The van der Waals surface area contributed by atoms with E-state index < -0.39 is 11.9 Å². The van der Waals surface area contributed by atoms with Crippen molar-refractivity contribution in [3.63, 3.8) is 0 Å². The van der Waals surface area contributed by atoms with Crippen LogP contribution in [-0.2, 0) is 11.3 Å². The molecule has 0 saturated carbocycles. The van der Waals surface area contributed by atoms with Crippen LogP contribution in [-0.4, -0.2) is 40.3 Å². The molecule has 2 rings (SSSR count). The van der Waals surface area contributed by atoms with Crippen molar-refractivity contribution in [1.29, 1.82) is 0 Å². The third-order valence-electron chi connectivity index (χ3n) is 2.96. The number of likely N-dealkylation sites (tertiary alicyclic amines) is 1. The fourth-order valence-corrected chi connectivity index (χ4v) is 1.97. The number of hydrogen-bond donors (Lipinski definition) is 2. The Hall–Kier alpha value is -2.05. The smallest absolute Gasteiger partial charge is 0.317 e. The quantitative estimate of drug-likeness (QED) is 0.825. The first-order valence-electron chi connectivity index (χ1n) is 5.82. The Labute approximate surface area is 104 Å². The van der Waals surface area contributed by atoms with E-state index in [0.29, 0.717) is 25.1 Å². The van der Waals surface area contributed by atoms with E-state index >= 15 is 0 Å². The van der Waals surface area contributed by atoms with E-state index in [4.69, 9.17) is 9.63 Å². The van der Waals surface area contributed by atoms with Crippen molar-refractivity contribution in [3.05, 3.63) is 18.0 Å². The van der Waals surface area contributed by atoms with Crippen LogP contribution in [0.25, 0.3) is 0 Å². The molecule has 1 aromatic rings. The molecular weight excluding hydrogens is 238 g/mol. The maximum atomic E-state index is 11.8. The molecule has 98 valence electrons. The average Bonchev–Trinajstić information content (AvgIpc) is 2.89. The summed E-state index contributed by atoms with van der Waals surface area (Å²) in [5.41, 5.74) is 0. The predicted octanol–water partition coefficient (Wildman–Crippen LogP) is 0.681. The molecule has 0 radical (unpaired) electrons. The molecular formula is C11H15N3O4. The number of carboxylic acid groups (broad SMARTS) is 1. The molecule has 7 heteroatoms. The molecule has 1 atom stereocenters. The molecule has 1 aliphatic rings. The molecule has 7 nitrogen and oxygen atoms in total. The summed E-state index contributed by atoms with van der Waals surface area (Å²) >= 11 is 0. The van der Waals surface area contributed by atoms with Crippen molar-refractivity contribution in [2.24, 2.45) is 5.92 Å². The molecule has 0 unspecified atom stereocenters. The summed E-state index contributed by atoms with van der Waals surface area (Å²) in [6.45, 7) is 1.11. The highest BCUT2D eigenvalue weighted by molar-refractivity contribution is 5.76. The Morgan fingerprint density at radius 2 is 2.44 bits per heavy atom. The van der Waals surface area contributed by atoms with Gasteiger partial charge in [0.2, 0.25) is 0 Å². The fraction of sp³-hybridized carbons (Fsp3) is 0.545. The number of nitrogens with zero attached hydrogens (tertiary/aromatic N) is 2. The number of aromatic nitrogens is 1. The fourth-order valence-electron chi connectivity index (χ4n) is 1.97. The van der Waals surface area contributed by atoms with Crippen LogP contribution in [0.4, 0.5) is 4.79 Å². The van der Waals surface area contributed by atoms with Gasteiger partial charge in [0.15, 0.2) is 5.76 Å². The lowest BCUT2D eigenvalue weighted by molar-refractivity contribution is -0.143. The maximum absolute atomic E-state index is 11.8. The van der Waals surface area contributed by atoms with Gasteiger partial charge in [-0.1, -0.05) is 5.16 Å². The molecule has 2 heterocycles. The van der Waals surface area contributed by atoms with Gasteiger partial charge < -0.3 is 19.8 Å². The number of hydrogen-bond acceptors (Lipinski definition) is 4. The number of aliphatic carboxylic acids is 1. The van der Waals surface area contributed by atoms with E-state index in [-0.39, 0.29) is 19.1 Å². The van der Waals surface area contributed by atoms with Gasteiger partial charge in [-0.25, -0.2) is 4.79 Å². The van der Waals surface area contributed by atoms with Gasteiger partial charge >= 0.3 is 12.0 Å².